The quantitative estimate of drug-likeness (QED) is 0.359. The van der Waals surface area contributed by atoms with Gasteiger partial charge in [0.1, 0.15) is 11.6 Å². The Balaban J connectivity index is 1.88. The molecular formula is C21H22N2O4S. The molecule has 6 nitrogen and oxygen atoms in total. The van der Waals surface area contributed by atoms with Gasteiger partial charge in [-0.2, -0.15) is 0 Å². The van der Waals surface area contributed by atoms with Gasteiger partial charge in [-0.15, -0.1) is 11.8 Å². The van der Waals surface area contributed by atoms with E-state index in [1.807, 2.05) is 12.1 Å². The maximum Gasteiger partial charge on any atom is 0.330 e. The second-order valence-electron chi connectivity index (χ2n) is 7.46. The van der Waals surface area contributed by atoms with Crippen molar-refractivity contribution in [1.29, 1.82) is 0 Å². The number of fused-ring (bicyclic) bond motifs is 1. The number of benzene rings is 2. The van der Waals surface area contributed by atoms with Crippen LogP contribution < -0.4 is 5.73 Å². The number of anilines is 1. The molecule has 0 saturated carbocycles. The van der Waals surface area contributed by atoms with Gasteiger partial charge in [0.2, 0.25) is 0 Å². The number of amides is 2. The maximum atomic E-state index is 12.9. The summed E-state index contributed by atoms with van der Waals surface area (Å²) >= 11 is 1.36. The number of imide groups is 1. The summed E-state index contributed by atoms with van der Waals surface area (Å²) in [6.07, 6.45) is 0. The molecular weight excluding hydrogens is 376 g/mol. The lowest BCUT2D eigenvalue weighted by Crippen LogP contribution is -2.48. The monoisotopic (exact) mass is 398 g/mol. The summed E-state index contributed by atoms with van der Waals surface area (Å²) < 4.78 is 5.50. The van der Waals surface area contributed by atoms with Crippen LogP contribution in [-0.2, 0) is 9.53 Å². The topological polar surface area (TPSA) is 89.7 Å². The van der Waals surface area contributed by atoms with Gasteiger partial charge in [-0.1, -0.05) is 12.1 Å². The molecule has 2 amide bonds. The van der Waals surface area contributed by atoms with Crippen molar-refractivity contribution in [3.63, 3.8) is 0 Å². The van der Waals surface area contributed by atoms with Gasteiger partial charge < -0.3 is 10.5 Å². The van der Waals surface area contributed by atoms with Crippen LogP contribution in [0.25, 0.3) is 0 Å². The summed E-state index contributed by atoms with van der Waals surface area (Å²) in [5, 5.41) is 0. The van der Waals surface area contributed by atoms with Crippen LogP contribution in [0.15, 0.2) is 53.4 Å². The van der Waals surface area contributed by atoms with Gasteiger partial charge in [-0.3, -0.25) is 14.5 Å². The van der Waals surface area contributed by atoms with Gasteiger partial charge in [0, 0.05) is 16.3 Å². The Labute approximate surface area is 168 Å². The second-order valence-corrected chi connectivity index (χ2v) is 8.55. The van der Waals surface area contributed by atoms with Gasteiger partial charge in [0.15, 0.2) is 0 Å². The molecule has 1 aliphatic rings. The van der Waals surface area contributed by atoms with E-state index in [2.05, 4.69) is 0 Å². The van der Waals surface area contributed by atoms with E-state index < -0.39 is 29.4 Å². The molecule has 0 spiro atoms. The number of carbonyl (C=O) groups excluding carboxylic acids is 3. The van der Waals surface area contributed by atoms with Crippen LogP contribution in [0.3, 0.4) is 0 Å². The number of ether oxygens (including phenoxy) is 1. The minimum absolute atomic E-state index is 0.185. The van der Waals surface area contributed by atoms with E-state index in [1.165, 1.54) is 11.8 Å². The van der Waals surface area contributed by atoms with E-state index in [9.17, 15) is 14.4 Å². The minimum atomic E-state index is -1.03. The number of nitrogens with two attached hydrogens (primary N) is 1. The Bertz CT molecular complexity index is 884. The lowest BCUT2D eigenvalue weighted by atomic mass is 10.1. The van der Waals surface area contributed by atoms with Crippen LogP contribution >= 0.6 is 11.8 Å². The summed E-state index contributed by atoms with van der Waals surface area (Å²) in [7, 11) is 0. The molecule has 1 heterocycles. The first-order chi connectivity index (χ1) is 13.2. The van der Waals surface area contributed by atoms with Crippen LogP contribution in [0.5, 0.6) is 0 Å². The van der Waals surface area contributed by atoms with Crippen LogP contribution in [0.2, 0.25) is 0 Å². The molecule has 1 atom stereocenters. The molecule has 2 aromatic rings. The Hall–Kier alpha value is -2.80. The molecule has 0 bridgehead atoms. The highest BCUT2D eigenvalue weighted by molar-refractivity contribution is 7.99. The fourth-order valence-electron chi connectivity index (χ4n) is 2.85. The molecule has 1 aliphatic heterocycles. The Kier molecular flexibility index (Phi) is 5.47. The smallest absolute Gasteiger partial charge is 0.330 e. The molecule has 28 heavy (non-hydrogen) atoms. The van der Waals surface area contributed by atoms with E-state index in [4.69, 9.17) is 10.5 Å². The van der Waals surface area contributed by atoms with Crippen LogP contribution in [0.4, 0.5) is 5.69 Å². The number of thioether (sulfide) groups is 1. The molecule has 0 fully saturated rings. The fourth-order valence-corrected chi connectivity index (χ4v) is 3.81. The van der Waals surface area contributed by atoms with Crippen molar-refractivity contribution in [2.24, 2.45) is 0 Å². The first-order valence-electron chi connectivity index (χ1n) is 8.85. The lowest BCUT2D eigenvalue weighted by Gasteiger charge is -2.28. The average molecular weight is 398 g/mol. The number of carbonyl (C=O) groups is 3. The summed E-state index contributed by atoms with van der Waals surface area (Å²) in [5.74, 6) is -1.38. The maximum absolute atomic E-state index is 12.9. The number of hydrogen-bond acceptors (Lipinski definition) is 6. The van der Waals surface area contributed by atoms with Gasteiger partial charge >= 0.3 is 5.97 Å². The molecule has 146 valence electrons. The van der Waals surface area contributed by atoms with Gasteiger partial charge in [0.05, 0.1) is 11.1 Å². The molecule has 0 saturated heterocycles. The van der Waals surface area contributed by atoms with Gasteiger partial charge in [-0.25, -0.2) is 4.79 Å². The Morgan fingerprint density at radius 3 is 2.07 bits per heavy atom. The SMILES string of the molecule is CC(C)(C)OC(=O)[C@@H](CSc1ccc(N)cc1)N1C(=O)c2ccccc2C1=O. The summed E-state index contributed by atoms with van der Waals surface area (Å²) in [4.78, 5) is 40.4. The molecule has 2 N–H and O–H groups in total. The highest BCUT2D eigenvalue weighted by Crippen LogP contribution is 2.29. The highest BCUT2D eigenvalue weighted by atomic mass is 32.2. The normalized spacial score (nSPS) is 14.8. The molecule has 0 radical (unpaired) electrons. The number of hydrogen-bond donors (Lipinski definition) is 1. The zero-order valence-electron chi connectivity index (χ0n) is 16.0. The van der Waals surface area contributed by atoms with Crippen LogP contribution in [-0.4, -0.2) is 40.1 Å². The Morgan fingerprint density at radius 2 is 1.57 bits per heavy atom. The predicted octanol–water partition coefficient (Wildman–Crippen LogP) is 3.37. The third-order valence-corrected chi connectivity index (χ3v) is 5.19. The summed E-state index contributed by atoms with van der Waals surface area (Å²) in [6.45, 7) is 5.24. The van der Waals surface area contributed by atoms with Crippen molar-refractivity contribution >= 4 is 35.2 Å². The van der Waals surface area contributed by atoms with Gasteiger partial charge in [-0.05, 0) is 57.2 Å². The molecule has 0 aliphatic carbocycles. The number of nitrogens with zero attached hydrogens (tertiary/aromatic N) is 1. The first-order valence-corrected chi connectivity index (χ1v) is 9.84. The fraction of sp³-hybridized carbons (Fsp3) is 0.286. The molecule has 7 heteroatoms. The zero-order chi connectivity index (χ0) is 20.5. The van der Waals surface area contributed by atoms with Crippen molar-refractivity contribution in [3.05, 3.63) is 59.7 Å². The van der Waals surface area contributed by atoms with E-state index in [0.29, 0.717) is 16.8 Å². The average Bonchev–Trinajstić information content (AvgIpc) is 2.87. The van der Waals surface area contributed by atoms with Crippen molar-refractivity contribution in [3.8, 4) is 0 Å². The third kappa shape index (κ3) is 4.20. The molecule has 0 unspecified atom stereocenters. The largest absolute Gasteiger partial charge is 0.458 e. The molecule has 3 rings (SSSR count). The zero-order valence-corrected chi connectivity index (χ0v) is 16.8. The summed E-state index contributed by atoms with van der Waals surface area (Å²) in [5.41, 5.74) is 6.21. The van der Waals surface area contributed by atoms with Crippen molar-refractivity contribution in [2.45, 2.75) is 37.3 Å². The Morgan fingerprint density at radius 1 is 1.04 bits per heavy atom. The van der Waals surface area contributed by atoms with E-state index in [0.717, 1.165) is 9.80 Å². The number of rotatable bonds is 5. The predicted molar refractivity (Wildman–Crippen MR) is 108 cm³/mol. The van der Waals surface area contributed by atoms with Gasteiger partial charge in [0.25, 0.3) is 11.8 Å². The van der Waals surface area contributed by atoms with Crippen LogP contribution in [0, 0.1) is 0 Å². The highest BCUT2D eigenvalue weighted by Gasteiger charge is 2.44. The molecule has 2 aromatic carbocycles. The number of nitrogen functional groups attached to an aromatic ring is 1. The van der Waals surface area contributed by atoms with E-state index >= 15 is 0 Å². The van der Waals surface area contributed by atoms with Crippen molar-refractivity contribution < 1.29 is 19.1 Å². The van der Waals surface area contributed by atoms with E-state index in [-0.39, 0.29) is 5.75 Å². The second kappa shape index (κ2) is 7.67. The lowest BCUT2D eigenvalue weighted by molar-refractivity contribution is -0.158. The van der Waals surface area contributed by atoms with Crippen LogP contribution in [0.1, 0.15) is 41.5 Å². The van der Waals surface area contributed by atoms with E-state index in [1.54, 1.807) is 57.2 Å². The number of esters is 1. The third-order valence-electron chi connectivity index (χ3n) is 4.10. The standard InChI is InChI=1S/C21H22N2O4S/c1-21(2,3)27-20(26)17(12-28-14-10-8-13(22)9-11-14)23-18(24)15-6-4-5-7-16(15)19(23)25/h4-11,17H,12,22H2,1-3H3/t17-/m1/s1. The minimum Gasteiger partial charge on any atom is -0.458 e. The summed E-state index contributed by atoms with van der Waals surface area (Å²) in [6, 6.07) is 12.7. The first kappa shape index (κ1) is 19.9. The van der Waals surface area contributed by atoms with Crippen molar-refractivity contribution in [2.75, 3.05) is 11.5 Å². The molecule has 0 aromatic heterocycles. The van der Waals surface area contributed by atoms with Crippen molar-refractivity contribution in [1.82, 2.24) is 4.90 Å².